The van der Waals surface area contributed by atoms with Gasteiger partial charge in [-0.3, -0.25) is 4.79 Å². The van der Waals surface area contributed by atoms with Crippen molar-refractivity contribution in [2.75, 3.05) is 13.2 Å². The third kappa shape index (κ3) is 4.74. The van der Waals surface area contributed by atoms with E-state index in [4.69, 9.17) is 15.2 Å². The van der Waals surface area contributed by atoms with E-state index in [-0.39, 0.29) is 18.9 Å². The maximum atomic E-state index is 11.7. The lowest BCUT2D eigenvalue weighted by Crippen LogP contribution is -2.42. The molecule has 0 aromatic rings. The minimum absolute atomic E-state index is 0.0517. The van der Waals surface area contributed by atoms with Gasteiger partial charge in [0.1, 0.15) is 6.10 Å². The molecule has 0 amide bonds. The molecule has 0 bridgehead atoms. The van der Waals surface area contributed by atoms with Crippen LogP contribution in [0.1, 0.15) is 34.1 Å². The average molecular weight is 303 g/mol. The molecule has 21 heavy (non-hydrogen) atoms. The van der Waals surface area contributed by atoms with Crippen molar-refractivity contribution in [3.8, 4) is 0 Å². The second-order valence-electron chi connectivity index (χ2n) is 5.69. The fourth-order valence-corrected chi connectivity index (χ4v) is 2.29. The lowest BCUT2D eigenvalue weighted by Gasteiger charge is -2.25. The van der Waals surface area contributed by atoms with E-state index in [1.807, 2.05) is 6.92 Å². The molecule has 4 atom stereocenters. The van der Waals surface area contributed by atoms with Gasteiger partial charge in [0.25, 0.3) is 0 Å². The van der Waals surface area contributed by atoms with E-state index >= 15 is 0 Å². The van der Waals surface area contributed by atoms with Gasteiger partial charge in [0.2, 0.25) is 5.78 Å². The van der Waals surface area contributed by atoms with E-state index in [9.17, 15) is 14.7 Å². The lowest BCUT2D eigenvalue weighted by molar-refractivity contribution is -0.161. The van der Waals surface area contributed by atoms with Gasteiger partial charge in [-0.2, -0.15) is 0 Å². The molecule has 7 nitrogen and oxygen atoms in total. The Labute approximate surface area is 124 Å². The highest BCUT2D eigenvalue weighted by atomic mass is 16.8. The van der Waals surface area contributed by atoms with Gasteiger partial charge in [-0.25, -0.2) is 4.79 Å². The van der Waals surface area contributed by atoms with Gasteiger partial charge in [-0.05, 0) is 33.2 Å². The van der Waals surface area contributed by atoms with Crippen LogP contribution in [0.4, 0.5) is 0 Å². The van der Waals surface area contributed by atoms with Crippen LogP contribution in [-0.2, 0) is 23.8 Å². The second kappa shape index (κ2) is 7.31. The van der Waals surface area contributed by atoms with Crippen LogP contribution < -0.4 is 5.73 Å². The first-order valence-corrected chi connectivity index (χ1v) is 7.15. The molecule has 0 aromatic heterocycles. The zero-order valence-electron chi connectivity index (χ0n) is 13.0. The van der Waals surface area contributed by atoms with Crippen molar-refractivity contribution in [2.24, 2.45) is 11.7 Å². The Kier molecular flexibility index (Phi) is 6.27. The molecule has 1 fully saturated rings. The molecule has 0 aromatic carbocycles. The van der Waals surface area contributed by atoms with Crippen LogP contribution in [0.3, 0.4) is 0 Å². The highest BCUT2D eigenvalue weighted by Gasteiger charge is 2.47. The van der Waals surface area contributed by atoms with E-state index in [2.05, 4.69) is 4.74 Å². The smallest absolute Gasteiger partial charge is 0.374 e. The van der Waals surface area contributed by atoms with Crippen LogP contribution in [0.2, 0.25) is 0 Å². The van der Waals surface area contributed by atoms with Crippen LogP contribution >= 0.6 is 0 Å². The fourth-order valence-electron chi connectivity index (χ4n) is 2.29. The summed E-state index contributed by atoms with van der Waals surface area (Å²) in [6, 6.07) is 0. The van der Waals surface area contributed by atoms with Crippen molar-refractivity contribution >= 4 is 11.8 Å². The number of nitrogens with two attached hydrogens (primary N) is 1. The van der Waals surface area contributed by atoms with Crippen molar-refractivity contribution in [1.82, 2.24) is 0 Å². The lowest BCUT2D eigenvalue weighted by atomic mass is 9.94. The fraction of sp³-hybridized carbons (Fsp3) is 0.857. The van der Waals surface area contributed by atoms with Crippen molar-refractivity contribution in [3.05, 3.63) is 0 Å². The number of hydrogen-bond donors (Lipinski definition) is 2. The summed E-state index contributed by atoms with van der Waals surface area (Å²) >= 11 is 0. The highest BCUT2D eigenvalue weighted by Crippen LogP contribution is 2.34. The summed E-state index contributed by atoms with van der Waals surface area (Å²) in [5.41, 5.74) is 5.63. The van der Waals surface area contributed by atoms with E-state index in [0.29, 0.717) is 6.54 Å². The third-order valence-electron chi connectivity index (χ3n) is 3.37. The summed E-state index contributed by atoms with van der Waals surface area (Å²) in [6.07, 6.45) is -2.66. The normalized spacial score (nSPS) is 27.1. The molecule has 3 unspecified atom stereocenters. The zero-order chi connectivity index (χ0) is 16.2. The van der Waals surface area contributed by atoms with E-state index in [1.165, 1.54) is 0 Å². The molecule has 0 saturated carbocycles. The average Bonchev–Trinajstić information content (AvgIpc) is 2.74. The predicted octanol–water partition coefficient (Wildman–Crippen LogP) is -0.0155. The molecule has 1 rings (SSSR count). The topological polar surface area (TPSA) is 108 Å². The number of hydrogen-bond acceptors (Lipinski definition) is 7. The second-order valence-corrected chi connectivity index (χ2v) is 5.69. The first kappa shape index (κ1) is 18.0. The Bertz CT molecular complexity index is 384. The quantitative estimate of drug-likeness (QED) is 0.503. The Morgan fingerprint density at radius 2 is 1.90 bits per heavy atom. The van der Waals surface area contributed by atoms with Crippen LogP contribution in [0.5, 0.6) is 0 Å². The first-order valence-electron chi connectivity index (χ1n) is 7.15. The molecule has 0 aliphatic carbocycles. The minimum atomic E-state index is -1.15. The molecular weight excluding hydrogens is 278 g/mol. The molecule has 1 saturated heterocycles. The summed E-state index contributed by atoms with van der Waals surface area (Å²) in [6.45, 7) is 7.41. The summed E-state index contributed by atoms with van der Waals surface area (Å²) < 4.78 is 16.0. The van der Waals surface area contributed by atoms with Crippen LogP contribution in [0.25, 0.3) is 0 Å². The van der Waals surface area contributed by atoms with Gasteiger partial charge in [-0.15, -0.1) is 0 Å². The maximum absolute atomic E-state index is 11.7. The number of ether oxygens (including phenoxy) is 3. The van der Waals surface area contributed by atoms with Gasteiger partial charge in [0, 0.05) is 6.42 Å². The number of esters is 1. The van der Waals surface area contributed by atoms with Crippen LogP contribution in [0.15, 0.2) is 0 Å². The van der Waals surface area contributed by atoms with Crippen molar-refractivity contribution in [2.45, 2.75) is 58.2 Å². The first-order chi connectivity index (χ1) is 9.71. The van der Waals surface area contributed by atoms with Gasteiger partial charge < -0.3 is 25.1 Å². The van der Waals surface area contributed by atoms with Crippen molar-refractivity contribution in [3.63, 3.8) is 0 Å². The molecule has 0 radical (unpaired) electrons. The minimum Gasteiger partial charge on any atom is -0.460 e. The predicted molar refractivity (Wildman–Crippen MR) is 74.3 cm³/mol. The summed E-state index contributed by atoms with van der Waals surface area (Å²) in [5.74, 6) is -2.65. The number of Topliss-reactive ketones (excluding diaryl/α,β-unsaturated/α-hetero) is 1. The summed E-state index contributed by atoms with van der Waals surface area (Å²) in [7, 11) is 0. The number of aliphatic hydroxyl groups excluding tert-OH is 1. The Hall–Kier alpha value is -1.02. The number of carbonyl (C=O) groups excluding carboxylic acids is 2. The molecule has 3 N–H and O–H groups in total. The third-order valence-corrected chi connectivity index (χ3v) is 3.37. The van der Waals surface area contributed by atoms with Gasteiger partial charge in [0.15, 0.2) is 5.79 Å². The molecule has 7 heteroatoms. The maximum Gasteiger partial charge on any atom is 0.374 e. The number of carbonyl (C=O) groups is 2. The standard InChI is InChI=1S/C14H25NO6/c1-5-19-13(18)10(17)6-9(16)12-11(8(2)7-15)20-14(3,4)21-12/h8-9,11-12,16H,5-7,15H2,1-4H3/t8-,9?,11?,12?/m1/s1. The highest BCUT2D eigenvalue weighted by molar-refractivity contribution is 6.33. The van der Waals surface area contributed by atoms with E-state index in [0.717, 1.165) is 0 Å². The number of aliphatic hydroxyl groups is 1. The Morgan fingerprint density at radius 1 is 1.33 bits per heavy atom. The summed E-state index contributed by atoms with van der Waals surface area (Å²) in [4.78, 5) is 23.0. The zero-order valence-corrected chi connectivity index (χ0v) is 13.0. The van der Waals surface area contributed by atoms with E-state index in [1.54, 1.807) is 20.8 Å². The van der Waals surface area contributed by atoms with Gasteiger partial charge in [0.05, 0.1) is 18.8 Å². The Morgan fingerprint density at radius 3 is 2.43 bits per heavy atom. The van der Waals surface area contributed by atoms with Crippen LogP contribution in [-0.4, -0.2) is 54.1 Å². The van der Waals surface area contributed by atoms with Gasteiger partial charge >= 0.3 is 5.97 Å². The molecular formula is C14H25NO6. The molecule has 0 spiro atoms. The molecule has 1 heterocycles. The number of rotatable bonds is 7. The monoisotopic (exact) mass is 303 g/mol. The van der Waals surface area contributed by atoms with Crippen molar-refractivity contribution in [1.29, 1.82) is 0 Å². The molecule has 122 valence electrons. The van der Waals surface area contributed by atoms with Crippen molar-refractivity contribution < 1.29 is 28.9 Å². The van der Waals surface area contributed by atoms with Gasteiger partial charge in [-0.1, -0.05) is 6.92 Å². The largest absolute Gasteiger partial charge is 0.460 e. The SMILES string of the molecule is CCOC(=O)C(=O)CC(O)C1OC(C)(C)OC1[C@H](C)CN. The summed E-state index contributed by atoms with van der Waals surface area (Å²) in [5, 5.41) is 10.2. The Balaban J connectivity index is 2.72. The van der Waals surface area contributed by atoms with E-state index < -0.39 is 35.9 Å². The van der Waals surface area contributed by atoms with Crippen LogP contribution in [0, 0.1) is 5.92 Å². The molecule has 1 aliphatic heterocycles. The molecule has 1 aliphatic rings. The number of ketones is 1.